The number of rotatable bonds is 4. The van der Waals surface area contributed by atoms with Crippen molar-refractivity contribution in [2.45, 2.75) is 6.42 Å². The Morgan fingerprint density at radius 3 is 2.53 bits per heavy atom. The van der Waals surface area contributed by atoms with Crippen molar-refractivity contribution < 1.29 is 13.9 Å². The van der Waals surface area contributed by atoms with Gasteiger partial charge in [0.05, 0.1) is 11.6 Å². The number of halogens is 2. The number of hydrogen-bond donors (Lipinski definition) is 0. The minimum Gasteiger partial charge on any atom is -0.497 e. The fourth-order valence-electron chi connectivity index (χ4n) is 1.74. The van der Waals surface area contributed by atoms with Gasteiger partial charge in [-0.1, -0.05) is 12.1 Å². The van der Waals surface area contributed by atoms with Crippen molar-refractivity contribution >= 4 is 21.7 Å². The van der Waals surface area contributed by atoms with Crippen LogP contribution in [0.2, 0.25) is 0 Å². The molecule has 0 atom stereocenters. The number of hydrogen-bond acceptors (Lipinski definition) is 2. The molecule has 0 fully saturated rings. The summed E-state index contributed by atoms with van der Waals surface area (Å²) >= 11 is 3.16. The van der Waals surface area contributed by atoms with E-state index in [1.54, 1.807) is 43.5 Å². The van der Waals surface area contributed by atoms with Gasteiger partial charge in [-0.25, -0.2) is 4.39 Å². The summed E-state index contributed by atoms with van der Waals surface area (Å²) in [6.07, 6.45) is 0.157. The minimum absolute atomic E-state index is 0.0612. The molecule has 2 rings (SSSR count). The Labute approximate surface area is 119 Å². The number of ketones is 1. The van der Waals surface area contributed by atoms with Crippen LogP contribution in [-0.2, 0) is 6.42 Å². The maximum atomic E-state index is 13.4. The molecule has 0 aliphatic carbocycles. The quantitative estimate of drug-likeness (QED) is 0.795. The molecule has 0 bridgehead atoms. The van der Waals surface area contributed by atoms with Crippen LogP contribution in [0.4, 0.5) is 4.39 Å². The summed E-state index contributed by atoms with van der Waals surface area (Å²) in [5.41, 5.74) is 1.22. The molecule has 0 saturated carbocycles. The summed E-state index contributed by atoms with van der Waals surface area (Å²) < 4.78 is 18.7. The molecule has 0 spiro atoms. The Kier molecular flexibility index (Phi) is 4.32. The van der Waals surface area contributed by atoms with Crippen molar-refractivity contribution in [1.29, 1.82) is 0 Å². The minimum atomic E-state index is -0.361. The van der Waals surface area contributed by atoms with Crippen LogP contribution >= 0.6 is 15.9 Å². The first-order valence-electron chi connectivity index (χ1n) is 5.72. The summed E-state index contributed by atoms with van der Waals surface area (Å²) in [4.78, 5) is 12.1. The zero-order chi connectivity index (χ0) is 13.8. The Morgan fingerprint density at radius 2 is 1.89 bits per heavy atom. The van der Waals surface area contributed by atoms with Gasteiger partial charge in [-0.3, -0.25) is 4.79 Å². The van der Waals surface area contributed by atoms with E-state index in [9.17, 15) is 9.18 Å². The molecule has 0 saturated heterocycles. The van der Waals surface area contributed by atoms with Crippen molar-refractivity contribution in [2.24, 2.45) is 0 Å². The third kappa shape index (κ3) is 3.20. The molecule has 0 aliphatic heterocycles. The molecule has 0 N–H and O–H groups in total. The predicted molar refractivity (Wildman–Crippen MR) is 75.1 cm³/mol. The molecule has 2 aromatic carbocycles. The summed E-state index contributed by atoms with van der Waals surface area (Å²) in [5, 5.41) is 0. The predicted octanol–water partition coefficient (Wildman–Crippen LogP) is 4.02. The number of methoxy groups -OCH3 is 1. The summed E-state index contributed by atoms with van der Waals surface area (Å²) in [6.45, 7) is 0. The van der Waals surface area contributed by atoms with Crippen LogP contribution in [0.15, 0.2) is 46.9 Å². The summed E-state index contributed by atoms with van der Waals surface area (Å²) in [6, 6.07) is 11.5. The van der Waals surface area contributed by atoms with E-state index in [4.69, 9.17) is 4.74 Å². The van der Waals surface area contributed by atoms with Gasteiger partial charge in [0.2, 0.25) is 0 Å². The zero-order valence-electron chi connectivity index (χ0n) is 10.3. The van der Waals surface area contributed by atoms with Crippen molar-refractivity contribution in [3.63, 3.8) is 0 Å². The van der Waals surface area contributed by atoms with Gasteiger partial charge < -0.3 is 4.74 Å². The smallest absolute Gasteiger partial charge is 0.167 e. The van der Waals surface area contributed by atoms with Crippen LogP contribution in [0, 0.1) is 5.82 Å². The lowest BCUT2D eigenvalue weighted by Crippen LogP contribution is -2.04. The molecular weight excluding hydrogens is 311 g/mol. The van der Waals surface area contributed by atoms with E-state index in [0.29, 0.717) is 21.3 Å². The Balaban J connectivity index is 2.18. The highest BCUT2D eigenvalue weighted by Gasteiger charge is 2.11. The molecule has 0 heterocycles. The first-order chi connectivity index (χ1) is 9.11. The lowest BCUT2D eigenvalue weighted by atomic mass is 10.0. The monoisotopic (exact) mass is 322 g/mol. The molecule has 0 amide bonds. The van der Waals surface area contributed by atoms with Gasteiger partial charge in [0.1, 0.15) is 11.6 Å². The second kappa shape index (κ2) is 5.97. The van der Waals surface area contributed by atoms with E-state index >= 15 is 0 Å². The van der Waals surface area contributed by atoms with E-state index in [-0.39, 0.29) is 18.0 Å². The van der Waals surface area contributed by atoms with E-state index in [1.807, 2.05) is 0 Å². The second-order valence-electron chi connectivity index (χ2n) is 4.04. The number of benzene rings is 2. The van der Waals surface area contributed by atoms with Gasteiger partial charge in [-0.05, 0) is 51.8 Å². The first kappa shape index (κ1) is 13.7. The molecule has 0 aliphatic rings. The number of ether oxygens (including phenoxy) is 1. The van der Waals surface area contributed by atoms with Gasteiger partial charge in [-0.15, -0.1) is 0 Å². The summed E-state index contributed by atoms with van der Waals surface area (Å²) in [5.74, 6) is 0.275. The maximum Gasteiger partial charge on any atom is 0.167 e. The van der Waals surface area contributed by atoms with Crippen molar-refractivity contribution in [2.75, 3.05) is 7.11 Å². The normalized spacial score (nSPS) is 10.3. The van der Waals surface area contributed by atoms with Gasteiger partial charge >= 0.3 is 0 Å². The lowest BCUT2D eigenvalue weighted by molar-refractivity contribution is 0.0992. The number of carbonyl (C=O) groups is 1. The Hall–Kier alpha value is -1.68. The SMILES string of the molecule is COc1ccc(C(=O)Cc2cccc(F)c2Br)cc1. The topological polar surface area (TPSA) is 26.3 Å². The van der Waals surface area contributed by atoms with E-state index in [0.717, 1.165) is 0 Å². The molecule has 4 heteroatoms. The third-order valence-corrected chi connectivity index (χ3v) is 3.68. The molecule has 0 unspecified atom stereocenters. The third-order valence-electron chi connectivity index (χ3n) is 2.79. The maximum absolute atomic E-state index is 13.4. The highest BCUT2D eigenvalue weighted by atomic mass is 79.9. The largest absolute Gasteiger partial charge is 0.497 e. The van der Waals surface area contributed by atoms with Gasteiger partial charge in [0.15, 0.2) is 5.78 Å². The van der Waals surface area contributed by atoms with Crippen LogP contribution in [-0.4, -0.2) is 12.9 Å². The molecule has 98 valence electrons. The fourth-order valence-corrected chi connectivity index (χ4v) is 2.14. The van der Waals surface area contributed by atoms with Crippen molar-refractivity contribution in [1.82, 2.24) is 0 Å². The fraction of sp³-hybridized carbons (Fsp3) is 0.133. The van der Waals surface area contributed by atoms with Crippen molar-refractivity contribution in [3.05, 3.63) is 63.9 Å². The lowest BCUT2D eigenvalue weighted by Gasteiger charge is -2.06. The Morgan fingerprint density at radius 1 is 1.21 bits per heavy atom. The highest BCUT2D eigenvalue weighted by molar-refractivity contribution is 9.10. The van der Waals surface area contributed by atoms with Crippen molar-refractivity contribution in [3.8, 4) is 5.75 Å². The summed E-state index contributed by atoms with van der Waals surface area (Å²) in [7, 11) is 1.57. The van der Waals surface area contributed by atoms with E-state index in [2.05, 4.69) is 15.9 Å². The molecule has 2 aromatic rings. The van der Waals surface area contributed by atoms with Crippen LogP contribution in [0.1, 0.15) is 15.9 Å². The van der Waals surface area contributed by atoms with Gasteiger partial charge in [-0.2, -0.15) is 0 Å². The van der Waals surface area contributed by atoms with Crippen LogP contribution in [0.3, 0.4) is 0 Å². The van der Waals surface area contributed by atoms with E-state index < -0.39 is 0 Å². The highest BCUT2D eigenvalue weighted by Crippen LogP contribution is 2.22. The van der Waals surface area contributed by atoms with E-state index in [1.165, 1.54) is 6.07 Å². The van der Waals surface area contributed by atoms with Gasteiger partial charge in [0.25, 0.3) is 0 Å². The standard InChI is InChI=1S/C15H12BrFO2/c1-19-12-7-5-10(6-8-12)14(18)9-11-3-2-4-13(17)15(11)16/h2-8H,9H2,1H3. The van der Waals surface area contributed by atoms with Crippen LogP contribution in [0.5, 0.6) is 5.75 Å². The molecule has 2 nitrogen and oxygen atoms in total. The van der Waals surface area contributed by atoms with Gasteiger partial charge in [0, 0.05) is 12.0 Å². The van der Waals surface area contributed by atoms with Crippen LogP contribution in [0.25, 0.3) is 0 Å². The second-order valence-corrected chi connectivity index (χ2v) is 4.83. The average molecular weight is 323 g/mol. The Bertz CT molecular complexity index is 594. The molecule has 19 heavy (non-hydrogen) atoms. The molecule has 0 radical (unpaired) electrons. The van der Waals surface area contributed by atoms with Crippen LogP contribution < -0.4 is 4.74 Å². The molecule has 0 aromatic heterocycles. The number of Topliss-reactive ketones (excluding diaryl/α,β-unsaturated/α-hetero) is 1. The average Bonchev–Trinajstić information content (AvgIpc) is 2.44. The zero-order valence-corrected chi connectivity index (χ0v) is 11.9. The number of carbonyl (C=O) groups excluding carboxylic acids is 1. The first-order valence-corrected chi connectivity index (χ1v) is 6.51. The molecular formula is C15H12BrFO2.